The molecule has 3 nitrogen and oxygen atoms in total. The number of imidazole rings is 1. The molecule has 1 fully saturated rings. The number of alkyl halides is 1. The molecule has 2 aromatic rings. The van der Waals surface area contributed by atoms with Crippen molar-refractivity contribution in [2.45, 2.75) is 25.3 Å². The molecule has 3 rings (SSSR count). The Morgan fingerprint density at radius 2 is 2.47 bits per heavy atom. The fourth-order valence-corrected chi connectivity index (χ4v) is 3.74. The van der Waals surface area contributed by atoms with Crippen molar-refractivity contribution in [2.75, 3.05) is 11.5 Å². The van der Waals surface area contributed by atoms with Crippen LogP contribution in [0.2, 0.25) is 0 Å². The molecule has 0 saturated carbocycles. The number of halogens is 1. The van der Waals surface area contributed by atoms with Gasteiger partial charge in [0.2, 0.25) is 0 Å². The van der Waals surface area contributed by atoms with Crippen LogP contribution in [0.1, 0.15) is 23.9 Å². The lowest BCUT2D eigenvalue weighted by Crippen LogP contribution is -2.11. The van der Waals surface area contributed by atoms with Crippen LogP contribution >= 0.6 is 23.4 Å². The van der Waals surface area contributed by atoms with E-state index in [-0.39, 0.29) is 0 Å². The smallest absolute Gasteiger partial charge is 0.160 e. The number of hydrogen-bond donors (Lipinski definition) is 0. The summed E-state index contributed by atoms with van der Waals surface area (Å²) >= 11 is 8.01. The topological polar surface area (TPSA) is 30.7 Å². The van der Waals surface area contributed by atoms with Gasteiger partial charge in [-0.3, -0.25) is 0 Å². The summed E-state index contributed by atoms with van der Waals surface area (Å²) in [5.74, 6) is 3.77. The van der Waals surface area contributed by atoms with Crippen molar-refractivity contribution >= 4 is 34.5 Å². The van der Waals surface area contributed by atoms with E-state index < -0.39 is 0 Å². The maximum Gasteiger partial charge on any atom is 0.160 e. The number of fused-ring (bicyclic) bond motifs is 1. The molecule has 1 unspecified atom stereocenters. The summed E-state index contributed by atoms with van der Waals surface area (Å²) in [6, 6.07) is 2.51. The van der Waals surface area contributed by atoms with Gasteiger partial charge in [0.05, 0.1) is 5.88 Å². The zero-order chi connectivity index (χ0) is 11.8. The zero-order valence-corrected chi connectivity index (χ0v) is 11.3. The third-order valence-corrected chi connectivity index (χ3v) is 4.63. The average Bonchev–Trinajstić information content (AvgIpc) is 2.94. The Hall–Kier alpha value is -0.740. The van der Waals surface area contributed by atoms with Crippen LogP contribution in [0.4, 0.5) is 0 Å². The van der Waals surface area contributed by atoms with Crippen molar-refractivity contribution < 1.29 is 0 Å². The van der Waals surface area contributed by atoms with Gasteiger partial charge < -0.3 is 4.57 Å². The Bertz CT molecular complexity index is 546. The second-order valence-corrected chi connectivity index (χ2v) is 5.77. The van der Waals surface area contributed by atoms with Crippen LogP contribution < -0.4 is 0 Å². The number of aromatic nitrogens is 3. The quantitative estimate of drug-likeness (QED) is 0.783. The van der Waals surface area contributed by atoms with Gasteiger partial charge in [-0.1, -0.05) is 0 Å². The molecule has 17 heavy (non-hydrogen) atoms. The van der Waals surface area contributed by atoms with Crippen LogP contribution in [0, 0.1) is 6.92 Å². The molecular weight excluding hydrogens is 254 g/mol. The number of thioether (sulfide) groups is 1. The molecule has 1 saturated heterocycles. The third kappa shape index (κ3) is 1.83. The van der Waals surface area contributed by atoms with Gasteiger partial charge in [0, 0.05) is 18.0 Å². The molecular formula is C12H14ClN3S. The van der Waals surface area contributed by atoms with Crippen LogP contribution in [-0.4, -0.2) is 26.0 Å². The van der Waals surface area contributed by atoms with Gasteiger partial charge in [-0.15, -0.1) is 11.6 Å². The number of nitrogens with zero attached hydrogens (tertiary/aromatic N) is 3. The van der Waals surface area contributed by atoms with E-state index in [4.69, 9.17) is 11.6 Å². The van der Waals surface area contributed by atoms with Gasteiger partial charge in [-0.2, -0.15) is 11.8 Å². The number of rotatable bonds is 2. The molecule has 1 aliphatic heterocycles. The Balaban J connectivity index is 2.22. The van der Waals surface area contributed by atoms with E-state index in [9.17, 15) is 0 Å². The molecule has 1 atom stereocenters. The number of hydrogen-bond acceptors (Lipinski definition) is 3. The number of aryl methyl sites for hydroxylation is 1. The van der Waals surface area contributed by atoms with Crippen molar-refractivity contribution in [1.29, 1.82) is 0 Å². The van der Waals surface area contributed by atoms with Crippen molar-refractivity contribution in [3.05, 3.63) is 23.7 Å². The fourth-order valence-electron chi connectivity index (χ4n) is 2.36. The zero-order valence-electron chi connectivity index (χ0n) is 9.69. The highest BCUT2D eigenvalue weighted by atomic mass is 35.5. The van der Waals surface area contributed by atoms with Gasteiger partial charge in [0.1, 0.15) is 11.3 Å². The van der Waals surface area contributed by atoms with E-state index in [0.717, 1.165) is 22.7 Å². The first-order valence-electron chi connectivity index (χ1n) is 5.77. The molecule has 0 amide bonds. The summed E-state index contributed by atoms with van der Waals surface area (Å²) in [5, 5.41) is 0. The normalized spacial score (nSPS) is 20.2. The lowest BCUT2D eigenvalue weighted by atomic mass is 10.2. The minimum atomic E-state index is 0.455. The predicted molar refractivity (Wildman–Crippen MR) is 72.8 cm³/mol. The van der Waals surface area contributed by atoms with Gasteiger partial charge in [0.25, 0.3) is 0 Å². The highest BCUT2D eigenvalue weighted by molar-refractivity contribution is 7.99. The predicted octanol–water partition coefficient (Wildman–Crippen LogP) is 3.16. The second-order valence-electron chi connectivity index (χ2n) is 4.35. The first-order valence-corrected chi connectivity index (χ1v) is 7.46. The van der Waals surface area contributed by atoms with E-state index in [2.05, 4.69) is 21.5 Å². The molecule has 2 aromatic heterocycles. The maximum atomic E-state index is 6.02. The van der Waals surface area contributed by atoms with Gasteiger partial charge in [-0.25, -0.2) is 9.97 Å². The largest absolute Gasteiger partial charge is 0.308 e. The standard InChI is InChI=1S/C12H14ClN3S/c1-8-2-4-14-12-11(8)15-10(6-13)16(12)9-3-5-17-7-9/h2,4,9H,3,5-7H2,1H3. The summed E-state index contributed by atoms with van der Waals surface area (Å²) < 4.78 is 2.25. The molecule has 0 bridgehead atoms. The van der Waals surface area contributed by atoms with Crippen molar-refractivity contribution in [2.24, 2.45) is 0 Å². The van der Waals surface area contributed by atoms with Gasteiger partial charge in [0.15, 0.2) is 5.65 Å². The van der Waals surface area contributed by atoms with Crippen LogP contribution in [0.5, 0.6) is 0 Å². The molecule has 0 spiro atoms. The molecule has 3 heterocycles. The molecule has 5 heteroatoms. The minimum Gasteiger partial charge on any atom is -0.308 e. The van der Waals surface area contributed by atoms with E-state index in [1.807, 2.05) is 24.0 Å². The van der Waals surface area contributed by atoms with Crippen molar-refractivity contribution in [3.63, 3.8) is 0 Å². The lowest BCUT2D eigenvalue weighted by Gasteiger charge is -2.13. The summed E-state index contributed by atoms with van der Waals surface area (Å²) in [6.07, 6.45) is 3.05. The van der Waals surface area contributed by atoms with E-state index in [1.54, 1.807) is 0 Å². The molecule has 0 radical (unpaired) electrons. The Kier molecular flexibility index (Phi) is 3.01. The van der Waals surface area contributed by atoms with Gasteiger partial charge >= 0.3 is 0 Å². The molecule has 90 valence electrons. The summed E-state index contributed by atoms with van der Waals surface area (Å²) in [7, 11) is 0. The third-order valence-electron chi connectivity index (χ3n) is 3.24. The first-order chi connectivity index (χ1) is 8.31. The first kappa shape index (κ1) is 11.4. The molecule has 0 N–H and O–H groups in total. The highest BCUT2D eigenvalue weighted by Gasteiger charge is 2.23. The Labute approximate surface area is 110 Å². The maximum absolute atomic E-state index is 6.02. The Morgan fingerprint density at radius 1 is 1.59 bits per heavy atom. The highest BCUT2D eigenvalue weighted by Crippen LogP contribution is 2.32. The van der Waals surface area contributed by atoms with E-state index in [0.29, 0.717) is 11.9 Å². The van der Waals surface area contributed by atoms with Crippen LogP contribution in [-0.2, 0) is 5.88 Å². The average molecular weight is 268 g/mol. The molecule has 0 aliphatic carbocycles. The summed E-state index contributed by atoms with van der Waals surface area (Å²) in [6.45, 7) is 2.07. The number of pyridine rings is 1. The fraction of sp³-hybridized carbons (Fsp3) is 0.500. The monoisotopic (exact) mass is 267 g/mol. The Morgan fingerprint density at radius 3 is 3.18 bits per heavy atom. The van der Waals surface area contributed by atoms with Crippen LogP contribution in [0.15, 0.2) is 12.3 Å². The SMILES string of the molecule is Cc1ccnc2c1nc(CCl)n2C1CCSC1. The summed E-state index contributed by atoms with van der Waals surface area (Å²) in [5.41, 5.74) is 3.17. The molecule has 1 aliphatic rings. The van der Waals surface area contributed by atoms with Gasteiger partial charge in [-0.05, 0) is 30.7 Å². The van der Waals surface area contributed by atoms with Crippen LogP contribution in [0.3, 0.4) is 0 Å². The van der Waals surface area contributed by atoms with E-state index in [1.165, 1.54) is 17.7 Å². The second kappa shape index (κ2) is 4.50. The van der Waals surface area contributed by atoms with Crippen LogP contribution in [0.25, 0.3) is 11.2 Å². The summed E-state index contributed by atoms with van der Waals surface area (Å²) in [4.78, 5) is 9.12. The van der Waals surface area contributed by atoms with E-state index >= 15 is 0 Å². The van der Waals surface area contributed by atoms with Crippen molar-refractivity contribution in [3.8, 4) is 0 Å². The minimum absolute atomic E-state index is 0.455. The molecule has 0 aromatic carbocycles. The van der Waals surface area contributed by atoms with Crippen molar-refractivity contribution in [1.82, 2.24) is 14.5 Å². The lowest BCUT2D eigenvalue weighted by molar-refractivity contribution is 0.555.